The average molecular weight is 367 g/mol. The third-order valence-corrected chi connectivity index (χ3v) is 5.14. The highest BCUT2D eigenvalue weighted by molar-refractivity contribution is 5.79. The Bertz CT molecular complexity index is 875. The van der Waals surface area contributed by atoms with Crippen molar-refractivity contribution in [3.63, 3.8) is 0 Å². The van der Waals surface area contributed by atoms with E-state index in [1.54, 1.807) is 7.11 Å². The number of rotatable bonds is 4. The molecule has 1 atom stereocenters. The van der Waals surface area contributed by atoms with Crippen LogP contribution in [0.3, 0.4) is 0 Å². The summed E-state index contributed by atoms with van der Waals surface area (Å²) in [6.45, 7) is 5.08. The van der Waals surface area contributed by atoms with E-state index in [0.717, 1.165) is 34.8 Å². The van der Waals surface area contributed by atoms with Crippen LogP contribution in [0.5, 0.6) is 17.2 Å². The van der Waals surface area contributed by atoms with Crippen molar-refractivity contribution in [2.75, 3.05) is 13.7 Å². The second kappa shape index (κ2) is 6.80. The number of ether oxygens (including phenoxy) is 3. The van der Waals surface area contributed by atoms with Gasteiger partial charge in [-0.3, -0.25) is 4.79 Å². The number of methoxy groups -OCH3 is 1. The van der Waals surface area contributed by atoms with E-state index in [2.05, 4.69) is 25.2 Å². The number of hydrogen-bond acceptors (Lipinski definition) is 4. The molecule has 2 aromatic rings. The first-order chi connectivity index (χ1) is 12.9. The third-order valence-electron chi connectivity index (χ3n) is 5.14. The highest BCUT2D eigenvalue weighted by Gasteiger charge is 2.30. The van der Waals surface area contributed by atoms with E-state index in [1.807, 2.05) is 30.3 Å². The molecule has 0 bridgehead atoms. The summed E-state index contributed by atoms with van der Waals surface area (Å²) >= 11 is 0. The Kier molecular flexibility index (Phi) is 4.46. The molecule has 27 heavy (non-hydrogen) atoms. The van der Waals surface area contributed by atoms with Crippen LogP contribution in [0, 0.1) is 5.92 Å². The molecule has 1 unspecified atom stereocenters. The van der Waals surface area contributed by atoms with Gasteiger partial charge < -0.3 is 19.5 Å². The van der Waals surface area contributed by atoms with Crippen LogP contribution < -0.4 is 19.5 Å². The van der Waals surface area contributed by atoms with Crippen LogP contribution in [0.2, 0.25) is 0 Å². The predicted molar refractivity (Wildman–Crippen MR) is 102 cm³/mol. The molecule has 0 saturated heterocycles. The molecule has 2 aliphatic rings. The monoisotopic (exact) mass is 367 g/mol. The molecule has 2 heterocycles. The summed E-state index contributed by atoms with van der Waals surface area (Å²) in [5, 5.41) is 3.05. The fourth-order valence-corrected chi connectivity index (χ4v) is 3.77. The Morgan fingerprint density at radius 2 is 2.00 bits per heavy atom. The smallest absolute Gasteiger partial charge is 0.227 e. The molecule has 0 saturated carbocycles. The predicted octanol–water partition coefficient (Wildman–Crippen LogP) is 3.28. The van der Waals surface area contributed by atoms with Gasteiger partial charge in [-0.1, -0.05) is 12.1 Å². The molecule has 1 amide bonds. The summed E-state index contributed by atoms with van der Waals surface area (Å²) in [6.07, 6.45) is 1.55. The number of benzene rings is 2. The summed E-state index contributed by atoms with van der Waals surface area (Å²) in [6, 6.07) is 11.9. The van der Waals surface area contributed by atoms with Crippen molar-refractivity contribution in [2.24, 2.45) is 5.92 Å². The number of carbonyl (C=O) groups excluding carboxylic acids is 1. The summed E-state index contributed by atoms with van der Waals surface area (Å²) < 4.78 is 16.9. The zero-order valence-corrected chi connectivity index (χ0v) is 16.0. The quantitative estimate of drug-likeness (QED) is 0.901. The van der Waals surface area contributed by atoms with Crippen LogP contribution in [0.4, 0.5) is 0 Å². The lowest BCUT2D eigenvalue weighted by Crippen LogP contribution is -2.37. The molecule has 0 radical (unpaired) electrons. The van der Waals surface area contributed by atoms with Crippen LogP contribution >= 0.6 is 0 Å². The van der Waals surface area contributed by atoms with Crippen molar-refractivity contribution in [2.45, 2.75) is 38.8 Å². The summed E-state index contributed by atoms with van der Waals surface area (Å²) in [5.41, 5.74) is 3.14. The molecule has 1 N–H and O–H groups in total. The maximum Gasteiger partial charge on any atom is 0.227 e. The number of carbonyl (C=O) groups is 1. The lowest BCUT2D eigenvalue weighted by atomic mass is 9.95. The topological polar surface area (TPSA) is 56.8 Å². The van der Waals surface area contributed by atoms with Gasteiger partial charge in [0.15, 0.2) is 0 Å². The van der Waals surface area contributed by atoms with Gasteiger partial charge in [-0.15, -0.1) is 0 Å². The highest BCUT2D eigenvalue weighted by atomic mass is 16.5. The molecule has 0 spiro atoms. The van der Waals surface area contributed by atoms with E-state index in [4.69, 9.17) is 14.2 Å². The van der Waals surface area contributed by atoms with Gasteiger partial charge in [0.25, 0.3) is 0 Å². The number of amides is 1. The molecule has 0 fully saturated rings. The van der Waals surface area contributed by atoms with Crippen molar-refractivity contribution >= 4 is 5.91 Å². The Hall–Kier alpha value is -2.69. The standard InChI is InChI=1S/C22H25NO4/c1-22(2)11-16-8-14(4-6-20(16)27-22)12-23-21(24)17-9-15-10-18(25-3)5-7-19(15)26-13-17/h4-8,10,17H,9,11-13H2,1-3H3,(H,23,24). The van der Waals surface area contributed by atoms with Crippen LogP contribution in [-0.4, -0.2) is 25.2 Å². The van der Waals surface area contributed by atoms with Gasteiger partial charge in [-0.05, 0) is 61.2 Å². The van der Waals surface area contributed by atoms with Crippen LogP contribution in [0.25, 0.3) is 0 Å². The van der Waals surface area contributed by atoms with Crippen molar-refractivity contribution in [1.29, 1.82) is 0 Å². The maximum atomic E-state index is 12.6. The van der Waals surface area contributed by atoms with Gasteiger partial charge >= 0.3 is 0 Å². The van der Waals surface area contributed by atoms with Gasteiger partial charge in [0.2, 0.25) is 5.91 Å². The van der Waals surface area contributed by atoms with E-state index in [9.17, 15) is 4.79 Å². The van der Waals surface area contributed by atoms with E-state index < -0.39 is 0 Å². The van der Waals surface area contributed by atoms with E-state index in [0.29, 0.717) is 19.6 Å². The normalized spacial score (nSPS) is 19.3. The fraction of sp³-hybridized carbons (Fsp3) is 0.409. The number of nitrogens with one attached hydrogen (secondary N) is 1. The zero-order chi connectivity index (χ0) is 19.0. The number of hydrogen-bond donors (Lipinski definition) is 1. The first-order valence-corrected chi connectivity index (χ1v) is 9.32. The van der Waals surface area contributed by atoms with E-state index >= 15 is 0 Å². The number of fused-ring (bicyclic) bond motifs is 2. The van der Waals surface area contributed by atoms with Crippen LogP contribution in [-0.2, 0) is 24.2 Å². The van der Waals surface area contributed by atoms with Crippen LogP contribution in [0.1, 0.15) is 30.5 Å². The first-order valence-electron chi connectivity index (χ1n) is 9.32. The van der Waals surface area contributed by atoms with Gasteiger partial charge in [-0.25, -0.2) is 0 Å². The second-order valence-electron chi connectivity index (χ2n) is 7.88. The lowest BCUT2D eigenvalue weighted by molar-refractivity contribution is -0.126. The van der Waals surface area contributed by atoms with Gasteiger partial charge in [-0.2, -0.15) is 0 Å². The molecule has 4 rings (SSSR count). The third kappa shape index (κ3) is 3.72. The second-order valence-corrected chi connectivity index (χ2v) is 7.88. The Morgan fingerprint density at radius 1 is 1.19 bits per heavy atom. The summed E-state index contributed by atoms with van der Waals surface area (Å²) in [7, 11) is 1.64. The van der Waals surface area contributed by atoms with Gasteiger partial charge in [0.05, 0.1) is 13.0 Å². The summed E-state index contributed by atoms with van der Waals surface area (Å²) in [5.74, 6) is 2.38. The minimum atomic E-state index is -0.193. The van der Waals surface area contributed by atoms with Crippen molar-refractivity contribution in [3.8, 4) is 17.2 Å². The Morgan fingerprint density at radius 3 is 2.81 bits per heavy atom. The largest absolute Gasteiger partial charge is 0.497 e. The van der Waals surface area contributed by atoms with E-state index in [1.165, 1.54) is 5.56 Å². The van der Waals surface area contributed by atoms with Crippen molar-refractivity contribution in [1.82, 2.24) is 5.32 Å². The Labute approximate surface area is 159 Å². The van der Waals surface area contributed by atoms with Gasteiger partial charge in [0, 0.05) is 13.0 Å². The average Bonchev–Trinajstić information content (AvgIpc) is 2.98. The first kappa shape index (κ1) is 17.7. The zero-order valence-electron chi connectivity index (χ0n) is 16.0. The minimum absolute atomic E-state index is 0.0144. The SMILES string of the molecule is COc1ccc2c(c1)CC(C(=O)NCc1ccc3c(c1)CC(C)(C)O3)CO2. The van der Waals surface area contributed by atoms with Crippen LogP contribution in [0.15, 0.2) is 36.4 Å². The maximum absolute atomic E-state index is 12.6. The van der Waals surface area contributed by atoms with Crippen molar-refractivity contribution in [3.05, 3.63) is 53.1 Å². The molecule has 5 heteroatoms. The molecule has 0 aromatic heterocycles. The highest BCUT2D eigenvalue weighted by Crippen LogP contribution is 2.35. The lowest BCUT2D eigenvalue weighted by Gasteiger charge is -2.25. The molecule has 2 aromatic carbocycles. The molecule has 5 nitrogen and oxygen atoms in total. The summed E-state index contributed by atoms with van der Waals surface area (Å²) in [4.78, 5) is 12.6. The molecule has 2 aliphatic heterocycles. The minimum Gasteiger partial charge on any atom is -0.497 e. The molecular weight excluding hydrogens is 342 g/mol. The Balaban J connectivity index is 1.38. The molecule has 0 aliphatic carbocycles. The van der Waals surface area contributed by atoms with E-state index in [-0.39, 0.29) is 17.4 Å². The fourth-order valence-electron chi connectivity index (χ4n) is 3.77. The molecule has 142 valence electrons. The van der Waals surface area contributed by atoms with Gasteiger partial charge in [0.1, 0.15) is 29.5 Å². The molecular formula is C22H25NO4. The van der Waals surface area contributed by atoms with Crippen molar-refractivity contribution < 1.29 is 19.0 Å².